The summed E-state index contributed by atoms with van der Waals surface area (Å²) >= 11 is 1.36. The molecule has 0 aliphatic carbocycles. The Bertz CT molecular complexity index is 891. The van der Waals surface area contributed by atoms with Gasteiger partial charge in [-0.05, 0) is 36.6 Å². The molecule has 0 radical (unpaired) electrons. The van der Waals surface area contributed by atoms with Crippen LogP contribution in [-0.2, 0) is 21.9 Å². The average Bonchev–Trinajstić information content (AvgIpc) is 2.76. The Morgan fingerprint density at radius 2 is 1.74 bits per heavy atom. The van der Waals surface area contributed by atoms with Gasteiger partial charge in [0, 0.05) is 31.0 Å². The molecule has 0 fully saturated rings. The number of nitro groups is 1. The highest BCUT2D eigenvalue weighted by Gasteiger charge is 2.25. The Labute approximate surface area is 185 Å². The second kappa shape index (κ2) is 12.0. The number of rotatable bonds is 11. The van der Waals surface area contributed by atoms with E-state index >= 15 is 0 Å². The highest BCUT2D eigenvalue weighted by Crippen LogP contribution is 2.18. The number of nitrogens with one attached hydrogen (secondary N) is 1. The van der Waals surface area contributed by atoms with Crippen molar-refractivity contribution in [3.63, 3.8) is 0 Å². The maximum Gasteiger partial charge on any atom is 0.269 e. The van der Waals surface area contributed by atoms with Gasteiger partial charge in [-0.25, -0.2) is 4.39 Å². The van der Waals surface area contributed by atoms with Crippen LogP contribution in [0.4, 0.5) is 10.1 Å². The summed E-state index contributed by atoms with van der Waals surface area (Å²) in [6, 6.07) is 11.3. The van der Waals surface area contributed by atoms with Crippen molar-refractivity contribution in [3.8, 4) is 0 Å². The van der Waals surface area contributed by atoms with E-state index < -0.39 is 11.0 Å². The van der Waals surface area contributed by atoms with E-state index in [1.807, 2.05) is 6.92 Å². The second-order valence-corrected chi connectivity index (χ2v) is 8.02. The first kappa shape index (κ1) is 24.3. The number of hydrogen-bond acceptors (Lipinski definition) is 5. The first-order valence-corrected chi connectivity index (χ1v) is 11.1. The van der Waals surface area contributed by atoms with E-state index in [2.05, 4.69) is 5.32 Å². The van der Waals surface area contributed by atoms with Gasteiger partial charge in [0.2, 0.25) is 11.8 Å². The Hall–Kier alpha value is -2.94. The third-order valence-corrected chi connectivity index (χ3v) is 5.61. The zero-order valence-electron chi connectivity index (χ0n) is 17.5. The van der Waals surface area contributed by atoms with Gasteiger partial charge in [-0.1, -0.05) is 31.2 Å². The third kappa shape index (κ3) is 7.67. The molecule has 2 amide bonds. The molecule has 2 rings (SSSR count). The molecule has 0 spiro atoms. The zero-order valence-corrected chi connectivity index (χ0v) is 18.4. The molecule has 2 aromatic carbocycles. The topological polar surface area (TPSA) is 92.6 Å². The third-order valence-electron chi connectivity index (χ3n) is 4.62. The van der Waals surface area contributed by atoms with Crippen LogP contribution in [0.1, 0.15) is 31.4 Å². The summed E-state index contributed by atoms with van der Waals surface area (Å²) < 4.78 is 13.2. The fraction of sp³-hybridized carbons (Fsp3) is 0.364. The Balaban J connectivity index is 2.02. The summed E-state index contributed by atoms with van der Waals surface area (Å²) in [5.74, 6) is -0.171. The molecule has 2 aromatic rings. The molecule has 9 heteroatoms. The Morgan fingerprint density at radius 3 is 2.32 bits per heavy atom. The summed E-state index contributed by atoms with van der Waals surface area (Å²) in [7, 11) is 0. The minimum Gasteiger partial charge on any atom is -0.354 e. The van der Waals surface area contributed by atoms with Crippen molar-refractivity contribution >= 4 is 29.3 Å². The minimum absolute atomic E-state index is 0.0159. The van der Waals surface area contributed by atoms with Crippen molar-refractivity contribution in [1.82, 2.24) is 10.2 Å². The van der Waals surface area contributed by atoms with Crippen LogP contribution in [-0.4, -0.2) is 40.0 Å². The van der Waals surface area contributed by atoms with Crippen molar-refractivity contribution < 1.29 is 18.9 Å². The monoisotopic (exact) mass is 447 g/mol. The number of non-ortho nitro benzene ring substituents is 1. The molecular weight excluding hydrogens is 421 g/mol. The van der Waals surface area contributed by atoms with Crippen LogP contribution in [0.15, 0.2) is 48.5 Å². The van der Waals surface area contributed by atoms with Gasteiger partial charge < -0.3 is 10.2 Å². The van der Waals surface area contributed by atoms with Gasteiger partial charge in [0.15, 0.2) is 0 Å². The number of amides is 2. The van der Waals surface area contributed by atoms with Crippen molar-refractivity contribution in [2.75, 3.05) is 12.3 Å². The highest BCUT2D eigenvalue weighted by molar-refractivity contribution is 7.99. The lowest BCUT2D eigenvalue weighted by atomic mass is 10.1. The van der Waals surface area contributed by atoms with Crippen molar-refractivity contribution in [2.45, 2.75) is 38.6 Å². The lowest BCUT2D eigenvalue weighted by molar-refractivity contribution is -0.384. The summed E-state index contributed by atoms with van der Waals surface area (Å²) in [6.07, 6.45) is 0.787. The fourth-order valence-corrected chi connectivity index (χ4v) is 3.69. The smallest absolute Gasteiger partial charge is 0.269 e. The van der Waals surface area contributed by atoms with Gasteiger partial charge in [-0.3, -0.25) is 19.7 Å². The standard InChI is InChI=1S/C22H26FN3O4S/c1-3-12-24-22(28)16(2)25(13-17-4-8-19(23)9-5-17)21(27)15-31-14-18-6-10-20(11-7-18)26(29)30/h4-11,16H,3,12-15H2,1-2H3,(H,24,28). The predicted octanol–water partition coefficient (Wildman–Crippen LogP) is 3.91. The van der Waals surface area contributed by atoms with Crippen LogP contribution >= 0.6 is 11.8 Å². The molecule has 0 saturated heterocycles. The van der Waals surface area contributed by atoms with Gasteiger partial charge in [0.25, 0.3) is 5.69 Å². The molecular formula is C22H26FN3O4S. The van der Waals surface area contributed by atoms with E-state index in [0.717, 1.165) is 17.5 Å². The van der Waals surface area contributed by atoms with E-state index in [0.29, 0.717) is 12.3 Å². The molecule has 0 heterocycles. The Kier molecular flexibility index (Phi) is 9.45. The van der Waals surface area contributed by atoms with Crippen LogP contribution in [0.2, 0.25) is 0 Å². The van der Waals surface area contributed by atoms with E-state index in [1.54, 1.807) is 31.2 Å². The van der Waals surface area contributed by atoms with Crippen LogP contribution in [0, 0.1) is 15.9 Å². The number of carbonyl (C=O) groups is 2. The average molecular weight is 448 g/mol. The van der Waals surface area contributed by atoms with Crippen molar-refractivity contribution in [3.05, 3.63) is 75.6 Å². The summed E-state index contributed by atoms with van der Waals surface area (Å²) in [6.45, 7) is 4.34. The van der Waals surface area contributed by atoms with Crippen molar-refractivity contribution in [1.29, 1.82) is 0 Å². The molecule has 0 aromatic heterocycles. The summed E-state index contributed by atoms with van der Waals surface area (Å²) in [4.78, 5) is 37.1. The molecule has 1 N–H and O–H groups in total. The zero-order chi connectivity index (χ0) is 22.8. The number of nitrogens with zero attached hydrogens (tertiary/aromatic N) is 2. The van der Waals surface area contributed by atoms with E-state index in [9.17, 15) is 24.1 Å². The number of thioether (sulfide) groups is 1. The number of benzene rings is 2. The minimum atomic E-state index is -0.677. The van der Waals surface area contributed by atoms with Gasteiger partial charge in [0.1, 0.15) is 11.9 Å². The van der Waals surface area contributed by atoms with Gasteiger partial charge in [-0.15, -0.1) is 11.8 Å². The maximum absolute atomic E-state index is 13.2. The number of carbonyl (C=O) groups excluding carboxylic acids is 2. The predicted molar refractivity (Wildman–Crippen MR) is 119 cm³/mol. The van der Waals surface area contributed by atoms with Crippen LogP contribution in [0.3, 0.4) is 0 Å². The maximum atomic E-state index is 13.2. The molecule has 7 nitrogen and oxygen atoms in total. The Morgan fingerprint density at radius 1 is 1.13 bits per heavy atom. The molecule has 1 unspecified atom stereocenters. The number of nitro benzene ring substituents is 1. The lowest BCUT2D eigenvalue weighted by Gasteiger charge is -2.28. The van der Waals surface area contributed by atoms with E-state index in [1.165, 1.54) is 40.9 Å². The molecule has 31 heavy (non-hydrogen) atoms. The number of hydrogen-bond donors (Lipinski definition) is 1. The lowest BCUT2D eigenvalue weighted by Crippen LogP contribution is -2.48. The van der Waals surface area contributed by atoms with Gasteiger partial charge in [0.05, 0.1) is 10.7 Å². The van der Waals surface area contributed by atoms with Gasteiger partial charge in [-0.2, -0.15) is 0 Å². The SMILES string of the molecule is CCCNC(=O)C(C)N(Cc1ccc(F)cc1)C(=O)CSCc1ccc([N+](=O)[O-])cc1. The second-order valence-electron chi connectivity index (χ2n) is 7.03. The van der Waals surface area contributed by atoms with Gasteiger partial charge >= 0.3 is 0 Å². The summed E-state index contributed by atoms with van der Waals surface area (Å²) in [5, 5.41) is 13.5. The normalized spacial score (nSPS) is 11.6. The van der Waals surface area contributed by atoms with E-state index in [4.69, 9.17) is 0 Å². The largest absolute Gasteiger partial charge is 0.354 e. The quantitative estimate of drug-likeness (QED) is 0.416. The molecule has 0 saturated carbocycles. The van der Waals surface area contributed by atoms with Crippen LogP contribution < -0.4 is 5.32 Å². The first-order chi connectivity index (χ1) is 14.8. The fourth-order valence-electron chi connectivity index (χ4n) is 2.82. The summed E-state index contributed by atoms with van der Waals surface area (Å²) in [5.41, 5.74) is 1.61. The van der Waals surface area contributed by atoms with Crippen LogP contribution in [0.25, 0.3) is 0 Å². The highest BCUT2D eigenvalue weighted by atomic mass is 32.2. The van der Waals surface area contributed by atoms with Crippen LogP contribution in [0.5, 0.6) is 0 Å². The molecule has 0 aliphatic rings. The molecule has 0 bridgehead atoms. The molecule has 166 valence electrons. The molecule has 1 atom stereocenters. The molecule has 0 aliphatic heterocycles. The van der Waals surface area contributed by atoms with E-state index in [-0.39, 0.29) is 35.6 Å². The number of halogens is 1. The first-order valence-electron chi connectivity index (χ1n) is 9.94. The van der Waals surface area contributed by atoms with Crippen molar-refractivity contribution in [2.24, 2.45) is 0 Å².